The summed E-state index contributed by atoms with van der Waals surface area (Å²) in [5, 5.41) is 8.51. The molecule has 0 aliphatic carbocycles. The van der Waals surface area contributed by atoms with Crippen molar-refractivity contribution in [3.05, 3.63) is 12.2 Å². The van der Waals surface area contributed by atoms with E-state index in [0.29, 0.717) is 6.42 Å². The van der Waals surface area contributed by atoms with Crippen molar-refractivity contribution in [1.82, 2.24) is 0 Å². The SMILES string of the molecule is CCCCCCCC/C=C\CCCCCCCC(=O)O.[Fe]. The van der Waals surface area contributed by atoms with Gasteiger partial charge in [0.25, 0.3) is 0 Å². The van der Waals surface area contributed by atoms with E-state index >= 15 is 0 Å². The van der Waals surface area contributed by atoms with Crippen LogP contribution >= 0.6 is 0 Å². The number of allylic oxidation sites excluding steroid dienone is 2. The summed E-state index contributed by atoms with van der Waals surface area (Å²) in [6.07, 6.45) is 21.2. The van der Waals surface area contributed by atoms with Crippen molar-refractivity contribution in [3.8, 4) is 0 Å². The summed E-state index contributed by atoms with van der Waals surface area (Å²) in [5.41, 5.74) is 0. The van der Waals surface area contributed by atoms with Gasteiger partial charge >= 0.3 is 5.97 Å². The molecule has 0 amide bonds. The largest absolute Gasteiger partial charge is 0.481 e. The van der Waals surface area contributed by atoms with Gasteiger partial charge in [-0.15, -0.1) is 0 Å². The van der Waals surface area contributed by atoms with Crippen molar-refractivity contribution in [3.63, 3.8) is 0 Å². The molecule has 2 nitrogen and oxygen atoms in total. The molecule has 3 heteroatoms. The van der Waals surface area contributed by atoms with Gasteiger partial charge in [0.2, 0.25) is 0 Å². The molecule has 0 aromatic rings. The van der Waals surface area contributed by atoms with Crippen molar-refractivity contribution in [2.24, 2.45) is 0 Å². The summed E-state index contributed by atoms with van der Waals surface area (Å²) >= 11 is 0. The summed E-state index contributed by atoms with van der Waals surface area (Å²) in [6.45, 7) is 2.26. The van der Waals surface area contributed by atoms with E-state index < -0.39 is 5.97 Å². The average molecular weight is 338 g/mol. The Morgan fingerprint density at radius 2 is 1.19 bits per heavy atom. The van der Waals surface area contributed by atoms with Gasteiger partial charge in [0, 0.05) is 23.5 Å². The van der Waals surface area contributed by atoms with Gasteiger partial charge < -0.3 is 5.11 Å². The van der Waals surface area contributed by atoms with Crippen molar-refractivity contribution < 1.29 is 27.0 Å². The van der Waals surface area contributed by atoms with Gasteiger partial charge in [-0.05, 0) is 32.1 Å². The molecule has 0 unspecified atom stereocenters. The molecular weight excluding hydrogens is 304 g/mol. The first-order valence-corrected chi connectivity index (χ1v) is 8.64. The zero-order chi connectivity index (χ0) is 14.9. The predicted octanol–water partition coefficient (Wildman–Crippen LogP) is 6.11. The molecule has 0 saturated carbocycles. The van der Waals surface area contributed by atoms with Crippen LogP contribution < -0.4 is 0 Å². The molecule has 0 radical (unpaired) electrons. The molecule has 0 saturated heterocycles. The summed E-state index contributed by atoms with van der Waals surface area (Å²) < 4.78 is 0. The Hall–Kier alpha value is -0.271. The van der Waals surface area contributed by atoms with Crippen molar-refractivity contribution in [2.75, 3.05) is 0 Å². The van der Waals surface area contributed by atoms with Gasteiger partial charge in [-0.1, -0.05) is 70.4 Å². The van der Waals surface area contributed by atoms with Crippen LogP contribution in [-0.2, 0) is 21.9 Å². The fourth-order valence-corrected chi connectivity index (χ4v) is 2.35. The molecule has 0 fully saturated rings. The Morgan fingerprint density at radius 1 is 0.762 bits per heavy atom. The topological polar surface area (TPSA) is 37.3 Å². The summed E-state index contributed by atoms with van der Waals surface area (Å²) in [4.78, 5) is 10.3. The molecule has 0 aromatic carbocycles. The van der Waals surface area contributed by atoms with Crippen LogP contribution in [0, 0.1) is 0 Å². The van der Waals surface area contributed by atoms with E-state index in [2.05, 4.69) is 19.1 Å². The standard InChI is InChI=1S/C18H34O2.Fe/c1-2-3-4-5-6-7-8-9-10-11-12-13-14-15-16-17-18(19)20;/h9-10H,2-8,11-17H2,1H3,(H,19,20);/b10-9-;. The summed E-state index contributed by atoms with van der Waals surface area (Å²) in [5.74, 6) is -0.664. The second-order valence-electron chi connectivity index (χ2n) is 5.73. The molecule has 0 heterocycles. The van der Waals surface area contributed by atoms with Crippen molar-refractivity contribution in [1.29, 1.82) is 0 Å². The van der Waals surface area contributed by atoms with E-state index in [1.54, 1.807) is 0 Å². The Bertz CT molecular complexity index is 239. The minimum atomic E-state index is -0.664. The van der Waals surface area contributed by atoms with Gasteiger partial charge in [0.1, 0.15) is 0 Å². The number of rotatable bonds is 15. The maximum atomic E-state index is 10.3. The fraction of sp³-hybridized carbons (Fsp3) is 0.833. The summed E-state index contributed by atoms with van der Waals surface area (Å²) in [6, 6.07) is 0. The average Bonchev–Trinajstić information content (AvgIpc) is 2.43. The third-order valence-corrected chi connectivity index (χ3v) is 3.65. The van der Waals surface area contributed by atoms with Crippen LogP contribution in [0.25, 0.3) is 0 Å². The quantitative estimate of drug-likeness (QED) is 0.222. The van der Waals surface area contributed by atoms with E-state index in [1.165, 1.54) is 70.6 Å². The van der Waals surface area contributed by atoms with Gasteiger partial charge in [-0.3, -0.25) is 4.79 Å². The Morgan fingerprint density at radius 3 is 1.67 bits per heavy atom. The van der Waals surface area contributed by atoms with Gasteiger partial charge in [-0.25, -0.2) is 0 Å². The summed E-state index contributed by atoms with van der Waals surface area (Å²) in [7, 11) is 0. The molecule has 21 heavy (non-hydrogen) atoms. The maximum Gasteiger partial charge on any atom is 0.303 e. The number of hydrogen-bond donors (Lipinski definition) is 1. The molecule has 0 spiro atoms. The molecule has 0 atom stereocenters. The van der Waals surface area contributed by atoms with Gasteiger partial charge in [-0.2, -0.15) is 0 Å². The first kappa shape index (κ1) is 23.0. The number of carbonyl (C=O) groups is 1. The normalized spacial score (nSPS) is 10.7. The zero-order valence-electron chi connectivity index (χ0n) is 13.8. The van der Waals surface area contributed by atoms with Crippen LogP contribution in [0.5, 0.6) is 0 Å². The molecule has 0 rings (SSSR count). The van der Waals surface area contributed by atoms with Crippen molar-refractivity contribution >= 4 is 5.97 Å². The van der Waals surface area contributed by atoms with Crippen LogP contribution in [0.1, 0.15) is 96.8 Å². The molecule has 0 aliphatic heterocycles. The predicted molar refractivity (Wildman–Crippen MR) is 87.1 cm³/mol. The monoisotopic (exact) mass is 338 g/mol. The minimum Gasteiger partial charge on any atom is -0.481 e. The number of carboxylic acid groups (broad SMARTS) is 1. The van der Waals surface area contributed by atoms with Crippen LogP contribution in [0.4, 0.5) is 0 Å². The van der Waals surface area contributed by atoms with E-state index in [9.17, 15) is 4.79 Å². The Kier molecular flexibility index (Phi) is 21.6. The second-order valence-corrected chi connectivity index (χ2v) is 5.73. The molecule has 0 aliphatic rings. The van der Waals surface area contributed by atoms with E-state index in [0.717, 1.165) is 12.8 Å². The first-order valence-electron chi connectivity index (χ1n) is 8.64. The van der Waals surface area contributed by atoms with Gasteiger partial charge in [0.05, 0.1) is 0 Å². The third-order valence-electron chi connectivity index (χ3n) is 3.65. The number of unbranched alkanes of at least 4 members (excludes halogenated alkanes) is 11. The molecule has 1 N–H and O–H groups in total. The molecule has 0 aromatic heterocycles. The van der Waals surface area contributed by atoms with Crippen LogP contribution in [-0.4, -0.2) is 11.1 Å². The number of hydrogen-bond acceptors (Lipinski definition) is 1. The fourth-order valence-electron chi connectivity index (χ4n) is 2.35. The second kappa shape index (κ2) is 19.7. The van der Waals surface area contributed by atoms with Crippen LogP contribution in [0.2, 0.25) is 0 Å². The molecule has 126 valence electrons. The smallest absolute Gasteiger partial charge is 0.303 e. The van der Waals surface area contributed by atoms with Crippen molar-refractivity contribution in [2.45, 2.75) is 96.8 Å². The number of carboxylic acids is 1. The Balaban J connectivity index is 0. The van der Waals surface area contributed by atoms with E-state index in [1.807, 2.05) is 0 Å². The van der Waals surface area contributed by atoms with Crippen LogP contribution in [0.15, 0.2) is 12.2 Å². The molecular formula is C18H34FeO2. The maximum absolute atomic E-state index is 10.3. The van der Waals surface area contributed by atoms with Gasteiger partial charge in [0.15, 0.2) is 0 Å². The first-order chi connectivity index (χ1) is 9.77. The van der Waals surface area contributed by atoms with E-state index in [4.69, 9.17) is 5.11 Å². The zero-order valence-corrected chi connectivity index (χ0v) is 14.9. The minimum absolute atomic E-state index is 0. The number of aliphatic carboxylic acids is 1. The Labute approximate surface area is 142 Å². The third kappa shape index (κ3) is 22.2. The van der Waals surface area contributed by atoms with Crippen LogP contribution in [0.3, 0.4) is 0 Å². The van der Waals surface area contributed by atoms with E-state index in [-0.39, 0.29) is 17.1 Å². The molecule has 0 bridgehead atoms.